The molecule has 2 rings (SSSR count). The van der Waals surface area contributed by atoms with E-state index in [0.717, 1.165) is 25.3 Å². The van der Waals surface area contributed by atoms with Crippen LogP contribution in [-0.4, -0.2) is 18.1 Å². The molecule has 0 unspecified atom stereocenters. The number of hydrogen-bond donors (Lipinski definition) is 1. The van der Waals surface area contributed by atoms with Crippen molar-refractivity contribution in [2.45, 2.75) is 20.4 Å². The fourth-order valence-electron chi connectivity index (χ4n) is 2.13. The van der Waals surface area contributed by atoms with E-state index >= 15 is 0 Å². The summed E-state index contributed by atoms with van der Waals surface area (Å²) in [6.45, 7) is 7.18. The van der Waals surface area contributed by atoms with Gasteiger partial charge in [-0.25, -0.2) is 4.98 Å². The van der Waals surface area contributed by atoms with E-state index in [-0.39, 0.29) is 0 Å². The number of nitrogens with one attached hydrogen (secondary N) is 1. The Morgan fingerprint density at radius 2 is 1.80 bits per heavy atom. The summed E-state index contributed by atoms with van der Waals surface area (Å²) in [4.78, 5) is 6.30. The summed E-state index contributed by atoms with van der Waals surface area (Å²) in [7, 11) is 0. The maximum atomic E-state index is 5.86. The van der Waals surface area contributed by atoms with Crippen molar-refractivity contribution in [3.63, 3.8) is 0 Å². The minimum absolute atomic E-state index is 0.506. The Hall–Kier alpha value is -1.74. The molecule has 0 saturated heterocycles. The fraction of sp³-hybridized carbons (Fsp3) is 0.312. The average molecular weight is 290 g/mol. The predicted molar refractivity (Wildman–Crippen MR) is 86.6 cm³/mol. The zero-order valence-electron chi connectivity index (χ0n) is 11.9. The third kappa shape index (κ3) is 3.87. The van der Waals surface area contributed by atoms with Crippen LogP contribution in [0.15, 0.2) is 42.6 Å². The van der Waals surface area contributed by atoms with Gasteiger partial charge in [0.1, 0.15) is 5.15 Å². The first-order chi connectivity index (χ1) is 9.72. The Kier molecular flexibility index (Phi) is 5.24. The zero-order chi connectivity index (χ0) is 14.4. The van der Waals surface area contributed by atoms with Gasteiger partial charge < -0.3 is 10.2 Å². The molecule has 0 saturated carbocycles. The largest absolute Gasteiger partial charge is 0.381 e. The van der Waals surface area contributed by atoms with Crippen LogP contribution in [0, 0.1) is 0 Å². The van der Waals surface area contributed by atoms with Gasteiger partial charge in [0, 0.05) is 37.2 Å². The lowest BCUT2D eigenvalue weighted by Crippen LogP contribution is -2.21. The number of anilines is 2. The van der Waals surface area contributed by atoms with Crippen LogP contribution < -0.4 is 10.2 Å². The lowest BCUT2D eigenvalue weighted by atomic mass is 10.2. The van der Waals surface area contributed by atoms with Crippen molar-refractivity contribution in [1.82, 2.24) is 4.98 Å². The first-order valence-electron chi connectivity index (χ1n) is 6.92. The SMILES string of the molecule is CCN(CC)c1ccc(CNc2ccnc(Cl)c2)cc1. The highest BCUT2D eigenvalue weighted by atomic mass is 35.5. The molecule has 3 nitrogen and oxygen atoms in total. The minimum Gasteiger partial charge on any atom is -0.381 e. The Morgan fingerprint density at radius 1 is 1.10 bits per heavy atom. The summed E-state index contributed by atoms with van der Waals surface area (Å²) in [5.74, 6) is 0. The summed E-state index contributed by atoms with van der Waals surface area (Å²) < 4.78 is 0. The van der Waals surface area contributed by atoms with Crippen molar-refractivity contribution >= 4 is 23.0 Å². The van der Waals surface area contributed by atoms with Gasteiger partial charge in [0.2, 0.25) is 0 Å². The molecular weight excluding hydrogens is 270 g/mol. The van der Waals surface area contributed by atoms with E-state index in [9.17, 15) is 0 Å². The topological polar surface area (TPSA) is 28.2 Å². The minimum atomic E-state index is 0.506. The molecule has 20 heavy (non-hydrogen) atoms. The van der Waals surface area contributed by atoms with E-state index in [1.165, 1.54) is 11.3 Å². The highest BCUT2D eigenvalue weighted by molar-refractivity contribution is 6.29. The predicted octanol–water partition coefficient (Wildman–Crippen LogP) is 4.19. The number of nitrogens with zero attached hydrogens (tertiary/aromatic N) is 2. The summed E-state index contributed by atoms with van der Waals surface area (Å²) in [5, 5.41) is 3.85. The van der Waals surface area contributed by atoms with Gasteiger partial charge in [-0.15, -0.1) is 0 Å². The van der Waals surface area contributed by atoms with Gasteiger partial charge in [-0.05, 0) is 43.7 Å². The molecule has 0 aliphatic heterocycles. The number of benzene rings is 1. The number of rotatable bonds is 6. The second-order valence-electron chi connectivity index (χ2n) is 4.56. The molecule has 0 fully saturated rings. The standard InChI is InChI=1S/C16H20ClN3/c1-3-20(4-2)15-7-5-13(6-8-15)12-19-14-9-10-18-16(17)11-14/h5-11H,3-4,12H2,1-2H3,(H,18,19). The van der Waals surface area contributed by atoms with Crippen molar-refractivity contribution < 1.29 is 0 Å². The molecule has 106 valence electrons. The number of halogens is 1. The van der Waals surface area contributed by atoms with Gasteiger partial charge in [-0.3, -0.25) is 0 Å². The Morgan fingerprint density at radius 3 is 2.40 bits per heavy atom. The lowest BCUT2D eigenvalue weighted by molar-refractivity contribution is 0.865. The molecule has 4 heteroatoms. The van der Waals surface area contributed by atoms with Gasteiger partial charge in [0.25, 0.3) is 0 Å². The average Bonchev–Trinajstić information content (AvgIpc) is 2.48. The zero-order valence-corrected chi connectivity index (χ0v) is 12.7. The van der Waals surface area contributed by atoms with Gasteiger partial charge in [0.15, 0.2) is 0 Å². The molecule has 0 spiro atoms. The smallest absolute Gasteiger partial charge is 0.131 e. The Balaban J connectivity index is 1.97. The van der Waals surface area contributed by atoms with Crippen molar-refractivity contribution in [2.75, 3.05) is 23.3 Å². The number of pyridine rings is 1. The Labute approximate surface area is 125 Å². The monoisotopic (exact) mass is 289 g/mol. The van der Waals surface area contributed by atoms with Gasteiger partial charge >= 0.3 is 0 Å². The van der Waals surface area contributed by atoms with E-state index in [2.05, 4.69) is 53.3 Å². The molecule has 2 aromatic rings. The van der Waals surface area contributed by atoms with Crippen LogP contribution in [0.5, 0.6) is 0 Å². The van der Waals surface area contributed by atoms with E-state index in [1.807, 2.05) is 12.1 Å². The van der Waals surface area contributed by atoms with Gasteiger partial charge in [-0.2, -0.15) is 0 Å². The lowest BCUT2D eigenvalue weighted by Gasteiger charge is -2.21. The Bertz CT molecular complexity index is 536. The summed E-state index contributed by atoms with van der Waals surface area (Å²) >= 11 is 5.86. The maximum absolute atomic E-state index is 5.86. The van der Waals surface area contributed by atoms with Crippen LogP contribution >= 0.6 is 11.6 Å². The molecule has 0 aliphatic rings. The maximum Gasteiger partial charge on any atom is 0.131 e. The second kappa shape index (κ2) is 7.15. The van der Waals surface area contributed by atoms with Crippen molar-refractivity contribution in [3.05, 3.63) is 53.3 Å². The molecule has 1 N–H and O–H groups in total. The van der Waals surface area contributed by atoms with Crippen LogP contribution in [0.3, 0.4) is 0 Å². The van der Waals surface area contributed by atoms with Crippen molar-refractivity contribution in [3.8, 4) is 0 Å². The van der Waals surface area contributed by atoms with E-state index < -0.39 is 0 Å². The van der Waals surface area contributed by atoms with Crippen molar-refractivity contribution in [2.24, 2.45) is 0 Å². The molecular formula is C16H20ClN3. The van der Waals surface area contributed by atoms with Crippen molar-refractivity contribution in [1.29, 1.82) is 0 Å². The van der Waals surface area contributed by atoms with E-state index in [1.54, 1.807) is 6.20 Å². The molecule has 1 heterocycles. The summed E-state index contributed by atoms with van der Waals surface area (Å²) in [6, 6.07) is 12.4. The van der Waals surface area contributed by atoms with Crippen LogP contribution in [0.4, 0.5) is 11.4 Å². The van der Waals surface area contributed by atoms with Gasteiger partial charge in [0.05, 0.1) is 0 Å². The van der Waals surface area contributed by atoms with Crippen LogP contribution in [0.1, 0.15) is 19.4 Å². The van der Waals surface area contributed by atoms with Gasteiger partial charge in [-0.1, -0.05) is 23.7 Å². The molecule has 0 bridgehead atoms. The quantitative estimate of drug-likeness (QED) is 0.808. The first-order valence-corrected chi connectivity index (χ1v) is 7.30. The molecule has 0 atom stereocenters. The third-order valence-electron chi connectivity index (χ3n) is 3.29. The van der Waals surface area contributed by atoms with Crippen LogP contribution in [0.2, 0.25) is 5.15 Å². The highest BCUT2D eigenvalue weighted by Crippen LogP contribution is 2.17. The third-order valence-corrected chi connectivity index (χ3v) is 3.49. The molecule has 1 aromatic carbocycles. The summed E-state index contributed by atoms with van der Waals surface area (Å²) in [6.07, 6.45) is 1.70. The first kappa shape index (κ1) is 14.7. The highest BCUT2D eigenvalue weighted by Gasteiger charge is 2.01. The molecule has 0 radical (unpaired) electrons. The number of hydrogen-bond acceptors (Lipinski definition) is 3. The molecule has 0 aliphatic carbocycles. The van der Waals surface area contributed by atoms with E-state index in [4.69, 9.17) is 11.6 Å². The summed E-state index contributed by atoms with van der Waals surface area (Å²) in [5.41, 5.74) is 3.50. The second-order valence-corrected chi connectivity index (χ2v) is 4.95. The molecule has 1 aromatic heterocycles. The molecule has 0 amide bonds. The van der Waals surface area contributed by atoms with Crippen LogP contribution in [0.25, 0.3) is 0 Å². The fourth-order valence-corrected chi connectivity index (χ4v) is 2.30. The normalized spacial score (nSPS) is 10.3. The van der Waals surface area contributed by atoms with E-state index in [0.29, 0.717) is 5.15 Å². The number of aromatic nitrogens is 1. The van der Waals surface area contributed by atoms with Crippen LogP contribution in [-0.2, 0) is 6.54 Å².